The molecule has 1 fully saturated rings. The van der Waals surface area contributed by atoms with Gasteiger partial charge in [-0.3, -0.25) is 0 Å². The number of aromatic nitrogens is 2. The Labute approximate surface area is 241 Å². The molecule has 0 saturated heterocycles. The molecule has 0 aliphatic heterocycles. The Balaban J connectivity index is 1.46. The van der Waals surface area contributed by atoms with Gasteiger partial charge in [0.05, 0.1) is 0 Å². The number of rotatable bonds is 20. The fourth-order valence-corrected chi connectivity index (χ4v) is 6.53. The van der Waals surface area contributed by atoms with Gasteiger partial charge in [-0.2, -0.15) is 9.36 Å². The highest BCUT2D eigenvalue weighted by Gasteiger charge is 2.14. The Morgan fingerprint density at radius 3 is 1.53 bits per heavy atom. The maximum atomic E-state index is 4.85. The molecule has 1 aromatic heterocycles. The van der Waals surface area contributed by atoms with Gasteiger partial charge in [-0.15, -0.1) is 0 Å². The fraction of sp³-hybridized carbons (Fsp3) is 0.939. The Morgan fingerprint density at radius 1 is 0.632 bits per heavy atom. The Morgan fingerprint density at radius 2 is 1.05 bits per heavy atom. The maximum absolute atomic E-state index is 4.85. The van der Waals surface area contributed by atoms with Gasteiger partial charge in [-0.05, 0) is 19.3 Å². The molecular formula is C33H64N4S. The van der Waals surface area contributed by atoms with Gasteiger partial charge >= 0.3 is 0 Å². The number of nitrogens with zero attached hydrogens (tertiary/aromatic N) is 3. The molecule has 38 heavy (non-hydrogen) atoms. The molecule has 1 N–H and O–H groups in total. The van der Waals surface area contributed by atoms with E-state index in [1.165, 1.54) is 173 Å². The van der Waals surface area contributed by atoms with Crippen molar-refractivity contribution >= 4 is 22.6 Å². The quantitative estimate of drug-likeness (QED) is 0.164. The normalized spacial score (nSPS) is 16.2. The van der Waals surface area contributed by atoms with Gasteiger partial charge in [-0.25, -0.2) is 0 Å². The Kier molecular flexibility index (Phi) is 21.1. The first kappa shape index (κ1) is 33.4. The van der Waals surface area contributed by atoms with Gasteiger partial charge in [-0.1, -0.05) is 161 Å². The number of nitrogens with one attached hydrogen (secondary N) is 1. The van der Waals surface area contributed by atoms with Crippen molar-refractivity contribution in [3.63, 3.8) is 0 Å². The van der Waals surface area contributed by atoms with Gasteiger partial charge in [0.2, 0.25) is 11.1 Å². The lowest BCUT2D eigenvalue weighted by Crippen LogP contribution is -2.21. The van der Waals surface area contributed by atoms with Crippen LogP contribution in [0.2, 0.25) is 0 Å². The van der Waals surface area contributed by atoms with Crippen LogP contribution in [0.3, 0.4) is 0 Å². The zero-order valence-corrected chi connectivity index (χ0v) is 26.4. The lowest BCUT2D eigenvalue weighted by Gasteiger charge is -2.19. The predicted octanol–water partition coefficient (Wildman–Crippen LogP) is 11.3. The van der Waals surface area contributed by atoms with Gasteiger partial charge in [0, 0.05) is 31.2 Å². The van der Waals surface area contributed by atoms with Gasteiger partial charge in [0.1, 0.15) is 0 Å². The first-order valence-electron chi connectivity index (χ1n) is 17.1. The molecule has 1 saturated carbocycles. The molecule has 222 valence electrons. The number of hydrogen-bond acceptors (Lipinski definition) is 5. The minimum Gasteiger partial charge on any atom is -0.351 e. The molecule has 0 bridgehead atoms. The molecule has 1 aliphatic rings. The van der Waals surface area contributed by atoms with Gasteiger partial charge in [0.25, 0.3) is 0 Å². The standard InChI is InChI=1S/C33H64N4S/c1-3-4-5-6-7-8-9-10-11-12-13-14-18-21-24-27-30-37(2)33-35-32(36-38-33)34-31-28-25-22-19-16-15-17-20-23-26-29-31/h31H,3-30H2,1-2H3,(H,34,36). The molecule has 0 radical (unpaired) electrons. The highest BCUT2D eigenvalue weighted by atomic mass is 32.1. The van der Waals surface area contributed by atoms with Crippen LogP contribution >= 0.6 is 11.5 Å². The summed E-state index contributed by atoms with van der Waals surface area (Å²) in [5.74, 6) is 0.862. The summed E-state index contributed by atoms with van der Waals surface area (Å²) in [6.45, 7) is 3.39. The SMILES string of the molecule is CCCCCCCCCCCCCCCCCCN(C)c1nc(NC2CCCCCCCCCCC2)ns1. The van der Waals surface area contributed by atoms with Gasteiger partial charge in [0.15, 0.2) is 0 Å². The third-order valence-corrected chi connectivity index (χ3v) is 9.36. The average Bonchev–Trinajstić information content (AvgIpc) is 3.38. The predicted molar refractivity (Wildman–Crippen MR) is 171 cm³/mol. The van der Waals surface area contributed by atoms with Crippen molar-refractivity contribution in [2.75, 3.05) is 23.8 Å². The smallest absolute Gasteiger partial charge is 0.236 e. The van der Waals surface area contributed by atoms with Crippen molar-refractivity contribution in [2.24, 2.45) is 0 Å². The van der Waals surface area contributed by atoms with E-state index in [9.17, 15) is 0 Å². The molecular weight excluding hydrogens is 484 g/mol. The molecule has 1 aliphatic carbocycles. The fourth-order valence-electron chi connectivity index (χ4n) is 5.91. The van der Waals surface area contributed by atoms with E-state index in [4.69, 9.17) is 4.98 Å². The minimum atomic E-state index is 0.544. The third-order valence-electron chi connectivity index (χ3n) is 8.53. The summed E-state index contributed by atoms with van der Waals surface area (Å²) < 4.78 is 4.66. The highest BCUT2D eigenvalue weighted by Crippen LogP contribution is 2.23. The number of hydrogen-bond donors (Lipinski definition) is 1. The van der Waals surface area contributed by atoms with Crippen molar-refractivity contribution in [1.29, 1.82) is 0 Å². The van der Waals surface area contributed by atoms with Crippen LogP contribution in [0.15, 0.2) is 0 Å². The monoisotopic (exact) mass is 548 g/mol. The van der Waals surface area contributed by atoms with Crippen molar-refractivity contribution in [1.82, 2.24) is 9.36 Å². The molecule has 1 heterocycles. The lowest BCUT2D eigenvalue weighted by atomic mass is 9.98. The lowest BCUT2D eigenvalue weighted by molar-refractivity contribution is 0.479. The largest absolute Gasteiger partial charge is 0.351 e. The molecule has 1 aromatic rings. The van der Waals surface area contributed by atoms with Crippen LogP contribution in [0.1, 0.15) is 180 Å². The summed E-state index contributed by atoms with van der Waals surface area (Å²) in [5.41, 5.74) is 0. The van der Waals surface area contributed by atoms with Crippen molar-refractivity contribution < 1.29 is 0 Å². The zero-order chi connectivity index (χ0) is 26.9. The Hall–Kier alpha value is -0.840. The van der Waals surface area contributed by atoms with Crippen LogP contribution in [0.5, 0.6) is 0 Å². The topological polar surface area (TPSA) is 41.1 Å². The second-order valence-electron chi connectivity index (χ2n) is 12.2. The van der Waals surface area contributed by atoms with E-state index in [0.717, 1.165) is 17.6 Å². The highest BCUT2D eigenvalue weighted by molar-refractivity contribution is 7.09. The number of anilines is 2. The third kappa shape index (κ3) is 17.7. The van der Waals surface area contributed by atoms with Crippen LogP contribution in [-0.4, -0.2) is 29.0 Å². The van der Waals surface area contributed by atoms with Crippen LogP contribution in [0.4, 0.5) is 11.1 Å². The maximum Gasteiger partial charge on any atom is 0.236 e. The first-order valence-corrected chi connectivity index (χ1v) is 17.9. The average molecular weight is 549 g/mol. The van der Waals surface area contributed by atoms with E-state index in [-0.39, 0.29) is 0 Å². The molecule has 4 nitrogen and oxygen atoms in total. The van der Waals surface area contributed by atoms with Crippen LogP contribution in [0, 0.1) is 0 Å². The van der Waals surface area contributed by atoms with E-state index in [2.05, 4.69) is 28.6 Å². The second kappa shape index (κ2) is 24.0. The van der Waals surface area contributed by atoms with Crippen molar-refractivity contribution in [3.8, 4) is 0 Å². The molecule has 0 spiro atoms. The summed E-state index contributed by atoms with van der Waals surface area (Å²) in [5, 5.41) is 4.76. The van der Waals surface area contributed by atoms with E-state index >= 15 is 0 Å². The molecule has 5 heteroatoms. The van der Waals surface area contributed by atoms with E-state index in [0.29, 0.717) is 6.04 Å². The molecule has 2 rings (SSSR count). The summed E-state index contributed by atoms with van der Waals surface area (Å²) >= 11 is 1.56. The summed E-state index contributed by atoms with van der Waals surface area (Å²) in [6, 6.07) is 0.544. The summed E-state index contributed by atoms with van der Waals surface area (Å²) in [7, 11) is 2.19. The van der Waals surface area contributed by atoms with E-state index in [1.807, 2.05) is 0 Å². The molecule has 0 atom stereocenters. The van der Waals surface area contributed by atoms with Crippen LogP contribution < -0.4 is 10.2 Å². The summed E-state index contributed by atoms with van der Waals surface area (Å²) in [4.78, 5) is 7.16. The summed E-state index contributed by atoms with van der Waals surface area (Å²) in [6.07, 6.45) is 37.9. The van der Waals surface area contributed by atoms with Crippen molar-refractivity contribution in [2.45, 2.75) is 186 Å². The molecule has 0 amide bonds. The zero-order valence-electron chi connectivity index (χ0n) is 25.6. The minimum absolute atomic E-state index is 0.544. The van der Waals surface area contributed by atoms with Crippen LogP contribution in [-0.2, 0) is 0 Å². The van der Waals surface area contributed by atoms with Gasteiger partial charge < -0.3 is 10.2 Å². The van der Waals surface area contributed by atoms with Crippen molar-refractivity contribution in [3.05, 3.63) is 0 Å². The molecule has 0 unspecified atom stereocenters. The first-order chi connectivity index (χ1) is 18.8. The Bertz CT molecular complexity index is 622. The molecule has 0 aromatic carbocycles. The number of unbranched alkanes of at least 4 members (excludes halogenated alkanes) is 15. The van der Waals surface area contributed by atoms with E-state index in [1.54, 1.807) is 11.5 Å². The van der Waals surface area contributed by atoms with Crippen LogP contribution in [0.25, 0.3) is 0 Å². The van der Waals surface area contributed by atoms with E-state index < -0.39 is 0 Å². The second-order valence-corrected chi connectivity index (χ2v) is 13.0.